The first-order chi connectivity index (χ1) is 16.1. The monoisotopic (exact) mass is 450 g/mol. The van der Waals surface area contributed by atoms with Gasteiger partial charge in [0, 0.05) is 18.9 Å². The van der Waals surface area contributed by atoms with Gasteiger partial charge in [0.2, 0.25) is 19.5 Å². The minimum atomic E-state index is -0.382. The SMILES string of the molecule is O=C(CN1C=CN2NC(c3ccc4c(c3)OCO4)CC2C1=O)NCc1ccc2c(c1)OCO2. The van der Waals surface area contributed by atoms with Crippen molar-refractivity contribution in [3.63, 3.8) is 0 Å². The number of nitrogens with one attached hydrogen (secondary N) is 2. The Morgan fingerprint density at radius 1 is 0.970 bits per heavy atom. The summed E-state index contributed by atoms with van der Waals surface area (Å²) in [5.41, 5.74) is 5.26. The molecule has 10 heteroatoms. The maximum atomic E-state index is 13.0. The number of ether oxygens (including phenoxy) is 4. The number of hydrogen-bond acceptors (Lipinski definition) is 8. The molecule has 4 heterocycles. The summed E-state index contributed by atoms with van der Waals surface area (Å²) in [4.78, 5) is 27.0. The van der Waals surface area contributed by atoms with Gasteiger partial charge < -0.3 is 34.2 Å². The van der Waals surface area contributed by atoms with Crippen LogP contribution in [0.5, 0.6) is 23.0 Å². The van der Waals surface area contributed by atoms with Crippen molar-refractivity contribution in [2.24, 2.45) is 0 Å². The minimum absolute atomic E-state index is 0.0427. The average molecular weight is 450 g/mol. The van der Waals surface area contributed by atoms with Crippen molar-refractivity contribution in [3.05, 3.63) is 59.9 Å². The van der Waals surface area contributed by atoms with Crippen LogP contribution in [-0.4, -0.2) is 47.9 Å². The fourth-order valence-corrected chi connectivity index (χ4v) is 4.38. The van der Waals surface area contributed by atoms with Crippen LogP contribution in [-0.2, 0) is 16.1 Å². The van der Waals surface area contributed by atoms with Gasteiger partial charge in [-0.1, -0.05) is 12.1 Å². The molecule has 0 spiro atoms. The van der Waals surface area contributed by atoms with Crippen LogP contribution in [0.4, 0.5) is 0 Å². The molecule has 170 valence electrons. The van der Waals surface area contributed by atoms with Gasteiger partial charge in [-0.3, -0.25) is 9.59 Å². The molecule has 2 aromatic carbocycles. The number of amides is 2. The Bertz CT molecular complexity index is 1150. The number of hydrogen-bond donors (Lipinski definition) is 2. The normalized spacial score (nSPS) is 22.0. The third-order valence-electron chi connectivity index (χ3n) is 6.11. The Kier molecular flexibility index (Phi) is 4.72. The van der Waals surface area contributed by atoms with Crippen molar-refractivity contribution in [1.29, 1.82) is 0 Å². The van der Waals surface area contributed by atoms with E-state index in [1.165, 1.54) is 4.90 Å². The lowest BCUT2D eigenvalue weighted by molar-refractivity contribution is -0.138. The highest BCUT2D eigenvalue weighted by Gasteiger charge is 2.40. The Hall–Kier alpha value is -3.92. The second-order valence-corrected chi connectivity index (χ2v) is 8.18. The average Bonchev–Trinajstić information content (AvgIpc) is 3.57. The molecule has 2 atom stereocenters. The molecule has 2 aromatic rings. The molecule has 1 fully saturated rings. The lowest BCUT2D eigenvalue weighted by atomic mass is 10.0. The van der Waals surface area contributed by atoms with Crippen molar-refractivity contribution in [3.8, 4) is 23.0 Å². The number of nitrogens with zero attached hydrogens (tertiary/aromatic N) is 2. The number of fused-ring (bicyclic) bond motifs is 3. The third kappa shape index (κ3) is 3.68. The highest BCUT2D eigenvalue weighted by Crippen LogP contribution is 2.38. The smallest absolute Gasteiger partial charge is 0.251 e. The molecule has 2 N–H and O–H groups in total. The number of hydrazine groups is 1. The van der Waals surface area contributed by atoms with Gasteiger partial charge in [-0.15, -0.1) is 0 Å². The summed E-state index contributed by atoms with van der Waals surface area (Å²) < 4.78 is 21.5. The summed E-state index contributed by atoms with van der Waals surface area (Å²) in [6.45, 7) is 0.721. The fraction of sp³-hybridized carbons (Fsp3) is 0.304. The van der Waals surface area contributed by atoms with Crippen molar-refractivity contribution in [2.75, 3.05) is 20.1 Å². The zero-order valence-electron chi connectivity index (χ0n) is 17.7. The van der Waals surface area contributed by atoms with Crippen molar-refractivity contribution < 1.29 is 28.5 Å². The highest BCUT2D eigenvalue weighted by molar-refractivity contribution is 5.89. The van der Waals surface area contributed by atoms with Crippen LogP contribution in [0.15, 0.2) is 48.8 Å². The quantitative estimate of drug-likeness (QED) is 0.705. The van der Waals surface area contributed by atoms with E-state index in [1.807, 2.05) is 36.4 Å². The van der Waals surface area contributed by atoms with Crippen LogP contribution in [0.1, 0.15) is 23.6 Å². The maximum Gasteiger partial charge on any atom is 0.251 e. The van der Waals surface area contributed by atoms with Crippen molar-refractivity contribution in [2.45, 2.75) is 25.0 Å². The molecule has 1 saturated heterocycles. The summed E-state index contributed by atoms with van der Waals surface area (Å²) >= 11 is 0. The summed E-state index contributed by atoms with van der Waals surface area (Å²) in [7, 11) is 0. The Balaban J connectivity index is 1.06. The maximum absolute atomic E-state index is 13.0. The number of carbonyl (C=O) groups excluding carboxylic acids is 2. The van der Waals surface area contributed by atoms with E-state index >= 15 is 0 Å². The number of rotatable bonds is 5. The molecular weight excluding hydrogens is 428 g/mol. The van der Waals surface area contributed by atoms with Crippen molar-refractivity contribution >= 4 is 11.8 Å². The van der Waals surface area contributed by atoms with Gasteiger partial charge in [-0.05, 0) is 41.8 Å². The molecule has 10 nitrogen and oxygen atoms in total. The van der Waals surface area contributed by atoms with Crippen LogP contribution >= 0.6 is 0 Å². The van der Waals surface area contributed by atoms with Gasteiger partial charge in [0.25, 0.3) is 5.91 Å². The summed E-state index contributed by atoms with van der Waals surface area (Å²) in [6, 6.07) is 10.9. The van der Waals surface area contributed by atoms with Gasteiger partial charge >= 0.3 is 0 Å². The summed E-state index contributed by atoms with van der Waals surface area (Å²) in [5.74, 6) is 2.44. The lowest BCUT2D eigenvalue weighted by Crippen LogP contribution is -2.50. The summed E-state index contributed by atoms with van der Waals surface area (Å²) in [5, 5.41) is 4.66. The zero-order valence-corrected chi connectivity index (χ0v) is 17.7. The van der Waals surface area contributed by atoms with Gasteiger partial charge in [-0.25, -0.2) is 5.43 Å². The van der Waals surface area contributed by atoms with E-state index in [2.05, 4.69) is 10.7 Å². The van der Waals surface area contributed by atoms with E-state index in [1.54, 1.807) is 17.4 Å². The second kappa shape index (κ2) is 7.89. The van der Waals surface area contributed by atoms with Gasteiger partial charge in [-0.2, -0.15) is 0 Å². The summed E-state index contributed by atoms with van der Waals surface area (Å²) in [6.07, 6.45) is 4.01. The predicted molar refractivity (Wildman–Crippen MR) is 114 cm³/mol. The molecule has 4 aliphatic rings. The molecule has 0 radical (unpaired) electrons. The molecule has 2 unspecified atom stereocenters. The first-order valence-corrected chi connectivity index (χ1v) is 10.7. The van der Waals surface area contributed by atoms with Gasteiger partial charge in [0.1, 0.15) is 12.6 Å². The largest absolute Gasteiger partial charge is 0.454 e. The predicted octanol–water partition coefficient (Wildman–Crippen LogP) is 1.39. The first kappa shape index (κ1) is 19.7. The molecule has 0 bridgehead atoms. The number of carbonyl (C=O) groups is 2. The van der Waals surface area contributed by atoms with E-state index in [0.717, 1.165) is 16.9 Å². The van der Waals surface area contributed by atoms with Gasteiger partial charge in [0.15, 0.2) is 23.0 Å². The molecule has 4 aliphatic heterocycles. The number of benzene rings is 2. The molecule has 6 rings (SSSR count). The molecule has 33 heavy (non-hydrogen) atoms. The van der Waals surface area contributed by atoms with Crippen LogP contribution in [0.25, 0.3) is 0 Å². The minimum Gasteiger partial charge on any atom is -0.454 e. The van der Waals surface area contributed by atoms with E-state index < -0.39 is 0 Å². The Labute approximate surface area is 189 Å². The Morgan fingerprint density at radius 3 is 2.52 bits per heavy atom. The van der Waals surface area contributed by atoms with Crippen LogP contribution in [0.3, 0.4) is 0 Å². The van der Waals surface area contributed by atoms with Crippen LogP contribution in [0, 0.1) is 0 Å². The first-order valence-electron chi connectivity index (χ1n) is 10.7. The topological polar surface area (TPSA) is 102 Å². The van der Waals surface area contributed by atoms with Crippen LogP contribution in [0.2, 0.25) is 0 Å². The molecule has 0 aliphatic carbocycles. The highest BCUT2D eigenvalue weighted by atomic mass is 16.7. The van der Waals surface area contributed by atoms with E-state index in [-0.39, 0.29) is 44.0 Å². The Morgan fingerprint density at radius 2 is 1.70 bits per heavy atom. The molecule has 0 aromatic heterocycles. The third-order valence-corrected chi connectivity index (χ3v) is 6.11. The van der Waals surface area contributed by atoms with Crippen LogP contribution < -0.4 is 29.7 Å². The van der Waals surface area contributed by atoms with E-state index in [4.69, 9.17) is 18.9 Å². The van der Waals surface area contributed by atoms with Crippen molar-refractivity contribution in [1.82, 2.24) is 20.7 Å². The molecule has 0 saturated carbocycles. The fourth-order valence-electron chi connectivity index (χ4n) is 4.38. The lowest BCUT2D eigenvalue weighted by Gasteiger charge is -2.31. The van der Waals surface area contributed by atoms with E-state index in [9.17, 15) is 9.59 Å². The van der Waals surface area contributed by atoms with Gasteiger partial charge in [0.05, 0.1) is 6.04 Å². The second-order valence-electron chi connectivity index (χ2n) is 8.18. The zero-order chi connectivity index (χ0) is 22.4. The molecule has 2 amide bonds. The molecular formula is C23H22N4O6. The van der Waals surface area contributed by atoms with E-state index in [0.29, 0.717) is 30.2 Å². The standard InChI is InChI=1S/C23H22N4O6/c28-22(24-10-14-1-3-18-20(7-14)32-12-30-18)11-26-5-6-27-17(23(26)29)9-16(25-27)15-2-4-19-21(8-15)33-13-31-19/h1-8,16-17,25H,9-13H2,(H,24,28).